The van der Waals surface area contributed by atoms with Gasteiger partial charge in [0.2, 0.25) is 0 Å². The first-order valence-electron chi connectivity index (χ1n) is 9.27. The van der Waals surface area contributed by atoms with Crippen molar-refractivity contribution in [2.24, 2.45) is 10.1 Å². The predicted molar refractivity (Wildman–Crippen MR) is 118 cm³/mol. The molecule has 1 amide bonds. The van der Waals surface area contributed by atoms with Crippen LogP contribution in [0.4, 0.5) is 0 Å². The molecular formula is C22H18N4OS2. The van der Waals surface area contributed by atoms with Gasteiger partial charge in [0.1, 0.15) is 5.70 Å². The number of fused-ring (bicyclic) bond motifs is 2. The van der Waals surface area contributed by atoms with Crippen LogP contribution < -0.4 is 15.9 Å². The maximum absolute atomic E-state index is 13.1. The van der Waals surface area contributed by atoms with Crippen LogP contribution in [0, 0.1) is 6.92 Å². The number of hydrogen-bond acceptors (Lipinski definition) is 6. The van der Waals surface area contributed by atoms with Crippen molar-refractivity contribution in [3.05, 3.63) is 92.6 Å². The number of para-hydroxylation sites is 1. The number of carbonyl (C=O) groups excluding carboxylic acids is 1. The molecule has 1 atom stereocenters. The van der Waals surface area contributed by atoms with Crippen molar-refractivity contribution in [2.75, 3.05) is 0 Å². The Morgan fingerprint density at radius 1 is 1.10 bits per heavy atom. The molecule has 0 spiro atoms. The predicted octanol–water partition coefficient (Wildman–Crippen LogP) is 3.13. The summed E-state index contributed by atoms with van der Waals surface area (Å²) in [6.45, 7) is 2.07. The van der Waals surface area contributed by atoms with Gasteiger partial charge in [-0.25, -0.2) is 5.01 Å². The first kappa shape index (κ1) is 18.1. The highest BCUT2D eigenvalue weighted by Gasteiger charge is 2.34. The molecule has 2 aliphatic heterocycles. The molecule has 0 radical (unpaired) electrons. The van der Waals surface area contributed by atoms with Crippen LogP contribution in [-0.2, 0) is 10.5 Å². The van der Waals surface area contributed by atoms with E-state index in [1.807, 2.05) is 41.8 Å². The molecule has 2 aliphatic rings. The summed E-state index contributed by atoms with van der Waals surface area (Å²) in [4.78, 5) is 19.0. The van der Waals surface area contributed by atoms with Crippen LogP contribution in [0.3, 0.4) is 0 Å². The monoisotopic (exact) mass is 418 g/mol. The van der Waals surface area contributed by atoms with Crippen molar-refractivity contribution in [1.29, 1.82) is 0 Å². The summed E-state index contributed by atoms with van der Waals surface area (Å²) in [6.07, 6.45) is -0.332. The summed E-state index contributed by atoms with van der Waals surface area (Å²) in [7, 11) is 0. The largest absolute Gasteiger partial charge is 0.298 e. The van der Waals surface area contributed by atoms with E-state index < -0.39 is 0 Å². The first-order valence-corrected chi connectivity index (χ1v) is 11.1. The Morgan fingerprint density at radius 3 is 2.72 bits per heavy atom. The number of benzene rings is 2. The van der Waals surface area contributed by atoms with Gasteiger partial charge in [-0.15, -0.1) is 16.4 Å². The van der Waals surface area contributed by atoms with Crippen LogP contribution in [0.5, 0.6) is 0 Å². The fourth-order valence-electron chi connectivity index (χ4n) is 3.35. The molecule has 5 rings (SSSR count). The number of aryl methyl sites for hydroxylation is 1. The Morgan fingerprint density at radius 2 is 1.93 bits per heavy atom. The standard InChI is InChI=1S/C22H18N4OS2/c1-14-8-10-15(11-9-14)13-29-22-24-21(27)19-16-5-2-3-6-17(16)23-20(26(19)25-22)18-7-4-12-28-18/h2-12,20H,13H2,1H3,(H,24,25,27). The Kier molecular flexibility index (Phi) is 4.69. The molecule has 29 heavy (non-hydrogen) atoms. The van der Waals surface area contributed by atoms with Gasteiger partial charge in [-0.1, -0.05) is 65.9 Å². The second-order valence-corrected chi connectivity index (χ2v) is 8.81. The van der Waals surface area contributed by atoms with Gasteiger partial charge in [-0.2, -0.15) is 0 Å². The van der Waals surface area contributed by atoms with Crippen LogP contribution in [0.25, 0.3) is 5.70 Å². The van der Waals surface area contributed by atoms with E-state index in [1.165, 1.54) is 22.9 Å². The summed E-state index contributed by atoms with van der Waals surface area (Å²) in [6, 6.07) is 20.2. The summed E-state index contributed by atoms with van der Waals surface area (Å²) >= 11 is 3.14. The lowest BCUT2D eigenvalue weighted by molar-refractivity contribution is -0.116. The lowest BCUT2D eigenvalue weighted by Crippen LogP contribution is -2.50. The fourth-order valence-corrected chi connectivity index (χ4v) is 4.90. The maximum atomic E-state index is 13.1. The van der Waals surface area contributed by atoms with E-state index in [1.54, 1.807) is 16.3 Å². The topological polar surface area (TPSA) is 57.1 Å². The molecule has 3 aromatic rings. The van der Waals surface area contributed by atoms with Crippen LogP contribution in [-0.4, -0.2) is 16.1 Å². The number of thioether (sulfide) groups is 1. The van der Waals surface area contributed by atoms with Crippen LogP contribution in [0.1, 0.15) is 22.2 Å². The van der Waals surface area contributed by atoms with Gasteiger partial charge in [-0.3, -0.25) is 15.1 Å². The molecule has 3 heterocycles. The molecule has 5 nitrogen and oxygen atoms in total. The molecule has 7 heteroatoms. The van der Waals surface area contributed by atoms with Crippen molar-refractivity contribution < 1.29 is 4.79 Å². The Hall–Kier alpha value is -2.90. The molecule has 1 N–H and O–H groups in total. The molecule has 0 aliphatic carbocycles. The van der Waals surface area contributed by atoms with Gasteiger partial charge in [0.25, 0.3) is 5.91 Å². The van der Waals surface area contributed by atoms with Crippen LogP contribution >= 0.6 is 23.1 Å². The fraction of sp³-hybridized carbons (Fsp3) is 0.136. The number of thiophene rings is 1. The highest BCUT2D eigenvalue weighted by Crippen LogP contribution is 2.33. The molecule has 1 aromatic heterocycles. The van der Waals surface area contributed by atoms with E-state index >= 15 is 0 Å². The summed E-state index contributed by atoms with van der Waals surface area (Å²) in [5.41, 5.74) is 2.97. The zero-order valence-corrected chi connectivity index (χ0v) is 17.3. The number of amides is 1. The van der Waals surface area contributed by atoms with Gasteiger partial charge in [0.15, 0.2) is 11.3 Å². The number of nitrogens with one attached hydrogen (secondary N) is 1. The minimum absolute atomic E-state index is 0.143. The molecular weight excluding hydrogens is 400 g/mol. The number of carbonyl (C=O) groups is 1. The second kappa shape index (κ2) is 7.50. The van der Waals surface area contributed by atoms with Gasteiger partial charge in [0.05, 0.1) is 10.2 Å². The maximum Gasteiger partial charge on any atom is 0.276 e. The molecule has 2 aromatic carbocycles. The number of hydrazone groups is 1. The van der Waals surface area contributed by atoms with Crippen molar-refractivity contribution in [3.8, 4) is 0 Å². The zero-order valence-electron chi connectivity index (χ0n) is 15.7. The van der Waals surface area contributed by atoms with Crippen molar-refractivity contribution in [3.63, 3.8) is 0 Å². The lowest BCUT2D eigenvalue weighted by atomic mass is 10.1. The lowest BCUT2D eigenvalue weighted by Gasteiger charge is -2.33. The quantitative estimate of drug-likeness (QED) is 0.711. The molecule has 0 fully saturated rings. The van der Waals surface area contributed by atoms with Crippen molar-refractivity contribution in [1.82, 2.24) is 10.3 Å². The van der Waals surface area contributed by atoms with Crippen molar-refractivity contribution in [2.45, 2.75) is 18.8 Å². The average Bonchev–Trinajstić information content (AvgIpc) is 3.27. The van der Waals surface area contributed by atoms with Gasteiger partial charge in [-0.05, 0) is 30.0 Å². The van der Waals surface area contributed by atoms with Crippen molar-refractivity contribution >= 4 is 39.9 Å². The SMILES string of the molecule is Cc1ccc(CSC2=NN3C(=c4ccccc4=NC3c3cccs3)C(=O)N2)cc1. The molecule has 0 saturated heterocycles. The third-order valence-electron chi connectivity index (χ3n) is 4.81. The van der Waals surface area contributed by atoms with E-state index in [4.69, 9.17) is 10.1 Å². The molecule has 0 bridgehead atoms. The van der Waals surface area contributed by atoms with Gasteiger partial charge >= 0.3 is 0 Å². The van der Waals surface area contributed by atoms with Crippen LogP contribution in [0.15, 0.2) is 76.1 Å². The number of amidine groups is 1. The third kappa shape index (κ3) is 3.47. The Balaban J connectivity index is 1.53. The normalized spacial score (nSPS) is 17.8. The van der Waals surface area contributed by atoms with E-state index in [9.17, 15) is 4.79 Å². The summed E-state index contributed by atoms with van der Waals surface area (Å²) in [5, 5.41) is 13.7. The summed E-state index contributed by atoms with van der Waals surface area (Å²) < 4.78 is 0. The van der Waals surface area contributed by atoms with E-state index in [2.05, 4.69) is 36.5 Å². The van der Waals surface area contributed by atoms with Gasteiger partial charge < -0.3 is 0 Å². The molecule has 1 unspecified atom stereocenters. The number of hydrogen-bond donors (Lipinski definition) is 1. The molecule has 0 saturated carbocycles. The Bertz CT molecular complexity index is 1220. The van der Waals surface area contributed by atoms with Gasteiger partial charge in [0, 0.05) is 11.0 Å². The van der Waals surface area contributed by atoms with E-state index in [-0.39, 0.29) is 12.1 Å². The average molecular weight is 419 g/mol. The molecule has 144 valence electrons. The number of rotatable bonds is 3. The highest BCUT2D eigenvalue weighted by molar-refractivity contribution is 8.13. The Labute approximate surface area is 176 Å². The summed E-state index contributed by atoms with van der Waals surface area (Å²) in [5.74, 6) is 0.593. The minimum Gasteiger partial charge on any atom is -0.298 e. The third-order valence-corrected chi connectivity index (χ3v) is 6.66. The highest BCUT2D eigenvalue weighted by atomic mass is 32.2. The zero-order chi connectivity index (χ0) is 19.8. The van der Waals surface area contributed by atoms with Crippen LogP contribution in [0.2, 0.25) is 0 Å². The van der Waals surface area contributed by atoms with E-state index in [0.717, 1.165) is 21.2 Å². The van der Waals surface area contributed by atoms with E-state index in [0.29, 0.717) is 10.9 Å². The first-order chi connectivity index (χ1) is 14.2. The number of nitrogens with zero attached hydrogens (tertiary/aromatic N) is 3. The second-order valence-electron chi connectivity index (χ2n) is 6.86. The minimum atomic E-state index is -0.332. The smallest absolute Gasteiger partial charge is 0.276 e.